The quantitative estimate of drug-likeness (QED) is 0.721. The number of anilines is 1. The third-order valence-electron chi connectivity index (χ3n) is 5.45. The molecule has 2 aromatic carbocycles. The number of aliphatic hydroxyl groups is 1. The van der Waals surface area contributed by atoms with Gasteiger partial charge in [-0.15, -0.1) is 0 Å². The van der Waals surface area contributed by atoms with Gasteiger partial charge in [-0.3, -0.25) is 4.79 Å². The Kier molecular flexibility index (Phi) is 5.52. The van der Waals surface area contributed by atoms with E-state index in [-0.39, 0.29) is 16.9 Å². The summed E-state index contributed by atoms with van der Waals surface area (Å²) in [5.74, 6) is 0.747. The van der Waals surface area contributed by atoms with Gasteiger partial charge in [-0.2, -0.15) is 0 Å². The van der Waals surface area contributed by atoms with E-state index in [1.165, 1.54) is 0 Å². The van der Waals surface area contributed by atoms with Crippen molar-refractivity contribution in [2.75, 3.05) is 5.32 Å². The van der Waals surface area contributed by atoms with Gasteiger partial charge in [0.05, 0.1) is 0 Å². The van der Waals surface area contributed by atoms with Crippen LogP contribution in [0.2, 0.25) is 0 Å². The standard InChI is InChI=1S/C25H33NO3/c1-15-18-13-25(6,7)29-23(18)20(22(28)17-11-9-8-10-12-17)16(2)21(15)26-19(27)14-24(3,4)5/h8-12,22,28H,13-14H2,1-7H3,(H,26,27). The average molecular weight is 396 g/mol. The van der Waals surface area contributed by atoms with Gasteiger partial charge in [0, 0.05) is 29.7 Å². The number of benzene rings is 2. The third kappa shape index (κ3) is 4.48. The highest BCUT2D eigenvalue weighted by Gasteiger charge is 2.37. The summed E-state index contributed by atoms with van der Waals surface area (Å²) in [6.45, 7) is 14.2. The van der Waals surface area contributed by atoms with Gasteiger partial charge in [-0.1, -0.05) is 51.1 Å². The van der Waals surface area contributed by atoms with Crippen molar-refractivity contribution in [2.45, 2.75) is 73.0 Å². The van der Waals surface area contributed by atoms with Crippen molar-refractivity contribution in [3.63, 3.8) is 0 Å². The summed E-state index contributed by atoms with van der Waals surface area (Å²) in [4.78, 5) is 12.7. The lowest BCUT2D eigenvalue weighted by Crippen LogP contribution is -2.25. The molecule has 0 spiro atoms. The largest absolute Gasteiger partial charge is 0.487 e. The van der Waals surface area contributed by atoms with Gasteiger partial charge in [-0.05, 0) is 49.8 Å². The first kappa shape index (κ1) is 21.4. The minimum atomic E-state index is -0.822. The normalized spacial score (nSPS) is 16.1. The molecule has 4 heteroatoms. The predicted molar refractivity (Wildman–Crippen MR) is 118 cm³/mol. The molecule has 29 heavy (non-hydrogen) atoms. The number of carbonyl (C=O) groups excluding carboxylic acids is 1. The fourth-order valence-corrected chi connectivity index (χ4v) is 4.12. The minimum Gasteiger partial charge on any atom is -0.487 e. The SMILES string of the molecule is Cc1c2c(c(C(O)c3ccccc3)c(C)c1NC(=O)CC(C)(C)C)OC(C)(C)C2. The molecule has 0 radical (unpaired) electrons. The Hall–Kier alpha value is -2.33. The van der Waals surface area contributed by atoms with Gasteiger partial charge in [-0.25, -0.2) is 0 Å². The van der Waals surface area contributed by atoms with E-state index in [4.69, 9.17) is 4.74 Å². The molecule has 2 aromatic rings. The molecular weight excluding hydrogens is 362 g/mol. The first-order chi connectivity index (χ1) is 13.4. The molecule has 0 bridgehead atoms. The lowest BCUT2D eigenvalue weighted by atomic mass is 9.87. The second-order valence-corrected chi connectivity index (χ2v) is 9.98. The number of hydrogen-bond donors (Lipinski definition) is 2. The van der Waals surface area contributed by atoms with Gasteiger partial charge >= 0.3 is 0 Å². The topological polar surface area (TPSA) is 58.6 Å². The highest BCUT2D eigenvalue weighted by atomic mass is 16.5. The van der Waals surface area contributed by atoms with Gasteiger partial charge in [0.15, 0.2) is 0 Å². The molecule has 0 aliphatic carbocycles. The molecule has 156 valence electrons. The summed E-state index contributed by atoms with van der Waals surface area (Å²) in [6.07, 6.45) is 0.352. The molecule has 1 amide bonds. The monoisotopic (exact) mass is 395 g/mol. The fraction of sp³-hybridized carbons (Fsp3) is 0.480. The predicted octanol–water partition coefficient (Wildman–Crippen LogP) is 5.47. The highest BCUT2D eigenvalue weighted by Crippen LogP contribution is 2.48. The molecule has 1 heterocycles. The second kappa shape index (κ2) is 7.49. The van der Waals surface area contributed by atoms with Crippen LogP contribution < -0.4 is 10.1 Å². The molecule has 0 fully saturated rings. The fourth-order valence-electron chi connectivity index (χ4n) is 4.12. The summed E-state index contributed by atoms with van der Waals surface area (Å²) in [7, 11) is 0. The van der Waals surface area contributed by atoms with Crippen molar-refractivity contribution in [3.05, 3.63) is 58.1 Å². The zero-order valence-electron chi connectivity index (χ0n) is 18.6. The molecule has 2 N–H and O–H groups in total. The number of amides is 1. The summed E-state index contributed by atoms with van der Waals surface area (Å²) >= 11 is 0. The molecule has 1 aliphatic heterocycles. The van der Waals surface area contributed by atoms with E-state index in [9.17, 15) is 9.90 Å². The number of rotatable bonds is 4. The Morgan fingerprint density at radius 1 is 1.17 bits per heavy atom. The van der Waals surface area contributed by atoms with Crippen LogP contribution in [0.15, 0.2) is 30.3 Å². The second-order valence-electron chi connectivity index (χ2n) is 9.98. The smallest absolute Gasteiger partial charge is 0.224 e. The van der Waals surface area contributed by atoms with Gasteiger partial charge in [0.1, 0.15) is 17.5 Å². The van der Waals surface area contributed by atoms with E-state index < -0.39 is 6.10 Å². The molecule has 1 atom stereocenters. The Morgan fingerprint density at radius 2 is 1.79 bits per heavy atom. The van der Waals surface area contributed by atoms with E-state index in [2.05, 4.69) is 39.9 Å². The Bertz CT molecular complexity index is 924. The molecule has 3 rings (SSSR count). The van der Waals surface area contributed by atoms with Crippen LogP contribution in [-0.2, 0) is 11.2 Å². The molecule has 4 nitrogen and oxygen atoms in total. The molecule has 0 aromatic heterocycles. The van der Waals surface area contributed by atoms with E-state index in [1.807, 2.05) is 44.2 Å². The lowest BCUT2D eigenvalue weighted by molar-refractivity contribution is -0.117. The molecular formula is C25H33NO3. The van der Waals surface area contributed by atoms with E-state index in [1.54, 1.807) is 0 Å². The van der Waals surface area contributed by atoms with Gasteiger partial charge in [0.2, 0.25) is 5.91 Å². The number of hydrogen-bond acceptors (Lipinski definition) is 3. The summed E-state index contributed by atoms with van der Waals surface area (Å²) < 4.78 is 6.30. The van der Waals surface area contributed by atoms with Crippen molar-refractivity contribution in [1.29, 1.82) is 0 Å². The summed E-state index contributed by atoms with van der Waals surface area (Å²) in [5.41, 5.74) is 4.85. The van der Waals surface area contributed by atoms with Gasteiger partial charge in [0.25, 0.3) is 0 Å². The minimum absolute atomic E-state index is 0.0121. The van der Waals surface area contributed by atoms with Crippen molar-refractivity contribution in [2.24, 2.45) is 5.41 Å². The molecule has 0 saturated heterocycles. The van der Waals surface area contributed by atoms with Crippen LogP contribution in [0.4, 0.5) is 5.69 Å². The van der Waals surface area contributed by atoms with Crippen LogP contribution >= 0.6 is 0 Å². The van der Waals surface area contributed by atoms with E-state index in [0.717, 1.165) is 45.7 Å². The van der Waals surface area contributed by atoms with Crippen LogP contribution in [0.1, 0.15) is 75.0 Å². The Balaban J connectivity index is 2.13. The highest BCUT2D eigenvalue weighted by molar-refractivity contribution is 5.93. The van der Waals surface area contributed by atoms with Crippen molar-refractivity contribution < 1.29 is 14.6 Å². The van der Waals surface area contributed by atoms with Crippen molar-refractivity contribution in [3.8, 4) is 5.75 Å². The number of ether oxygens (including phenoxy) is 1. The number of carbonyl (C=O) groups is 1. The Labute approximate surface area is 174 Å². The zero-order valence-corrected chi connectivity index (χ0v) is 18.6. The molecule has 0 saturated carbocycles. The van der Waals surface area contributed by atoms with E-state index in [0.29, 0.717) is 6.42 Å². The maximum atomic E-state index is 12.7. The maximum Gasteiger partial charge on any atom is 0.224 e. The average Bonchev–Trinajstić information content (AvgIpc) is 2.93. The van der Waals surface area contributed by atoms with Crippen molar-refractivity contribution >= 4 is 11.6 Å². The summed E-state index contributed by atoms with van der Waals surface area (Å²) in [5, 5.41) is 14.4. The Morgan fingerprint density at radius 3 is 2.38 bits per heavy atom. The van der Waals surface area contributed by atoms with E-state index >= 15 is 0 Å². The van der Waals surface area contributed by atoms with Gasteiger partial charge < -0.3 is 15.2 Å². The number of aliphatic hydroxyl groups excluding tert-OH is 1. The van der Waals surface area contributed by atoms with Crippen molar-refractivity contribution in [1.82, 2.24) is 0 Å². The number of nitrogens with one attached hydrogen (secondary N) is 1. The van der Waals surface area contributed by atoms with Crippen LogP contribution in [0.25, 0.3) is 0 Å². The van der Waals surface area contributed by atoms with Crippen LogP contribution in [-0.4, -0.2) is 16.6 Å². The number of fused-ring (bicyclic) bond motifs is 1. The van der Waals surface area contributed by atoms with Crippen LogP contribution in [0.3, 0.4) is 0 Å². The van der Waals surface area contributed by atoms with Crippen LogP contribution in [0, 0.1) is 19.3 Å². The first-order valence-corrected chi connectivity index (χ1v) is 10.3. The maximum absolute atomic E-state index is 12.7. The van der Waals surface area contributed by atoms with Crippen LogP contribution in [0.5, 0.6) is 5.75 Å². The first-order valence-electron chi connectivity index (χ1n) is 10.3. The zero-order chi connectivity index (χ0) is 21.6. The summed E-state index contributed by atoms with van der Waals surface area (Å²) in [6, 6.07) is 9.58. The molecule has 1 aliphatic rings. The third-order valence-corrected chi connectivity index (χ3v) is 5.45. The molecule has 1 unspecified atom stereocenters. The lowest BCUT2D eigenvalue weighted by Gasteiger charge is -2.25.